The second-order valence-electron chi connectivity index (χ2n) is 6.59. The van der Waals surface area contributed by atoms with Crippen molar-refractivity contribution < 1.29 is 0 Å². The second kappa shape index (κ2) is 6.22. The molecule has 0 spiro atoms. The molecule has 1 saturated carbocycles. The molecule has 2 aliphatic rings. The van der Waals surface area contributed by atoms with E-state index in [1.54, 1.807) is 30.3 Å². The average Bonchev–Trinajstić information content (AvgIpc) is 3.44. The lowest BCUT2D eigenvalue weighted by Gasteiger charge is -2.39. The highest BCUT2D eigenvalue weighted by atomic mass is 16.1. The third kappa shape index (κ3) is 2.86. The summed E-state index contributed by atoms with van der Waals surface area (Å²) >= 11 is 0. The quantitative estimate of drug-likeness (QED) is 0.841. The van der Waals surface area contributed by atoms with Gasteiger partial charge >= 0.3 is 0 Å². The van der Waals surface area contributed by atoms with Crippen LogP contribution in [0.5, 0.6) is 0 Å². The first kappa shape index (κ1) is 15.1. The van der Waals surface area contributed by atoms with Gasteiger partial charge < -0.3 is 14.4 Å². The van der Waals surface area contributed by atoms with Gasteiger partial charge in [0.15, 0.2) is 5.82 Å². The number of piperidine rings is 1. The fourth-order valence-electron chi connectivity index (χ4n) is 3.52. The van der Waals surface area contributed by atoms with Crippen molar-refractivity contribution in [2.24, 2.45) is 7.05 Å². The van der Waals surface area contributed by atoms with Gasteiger partial charge in [0.1, 0.15) is 12.1 Å². The normalized spacial score (nSPS) is 18.6. The van der Waals surface area contributed by atoms with Gasteiger partial charge in [-0.15, -0.1) is 0 Å². The van der Waals surface area contributed by atoms with Crippen LogP contribution in [0, 0.1) is 0 Å². The molecule has 2 aromatic rings. The number of aromatic nitrogens is 4. The molecule has 2 aromatic heterocycles. The summed E-state index contributed by atoms with van der Waals surface area (Å²) in [5.74, 6) is 1.60. The van der Waals surface area contributed by atoms with E-state index in [0.717, 1.165) is 31.7 Å². The fraction of sp³-hybridized carbons (Fsp3) is 0.529. The van der Waals surface area contributed by atoms with Crippen LogP contribution in [0.3, 0.4) is 0 Å². The first-order valence-corrected chi connectivity index (χ1v) is 8.55. The third-order valence-electron chi connectivity index (χ3n) is 4.93. The largest absolute Gasteiger partial charge is 0.352 e. The van der Waals surface area contributed by atoms with Crippen LogP contribution < -0.4 is 15.4 Å². The van der Waals surface area contributed by atoms with Gasteiger partial charge in [-0.2, -0.15) is 0 Å². The Morgan fingerprint density at radius 3 is 2.50 bits per heavy atom. The molecule has 1 aliphatic heterocycles. The van der Waals surface area contributed by atoms with Gasteiger partial charge in [-0.25, -0.2) is 15.0 Å². The van der Waals surface area contributed by atoms with Crippen molar-refractivity contribution in [1.82, 2.24) is 19.5 Å². The van der Waals surface area contributed by atoms with E-state index in [0.29, 0.717) is 17.9 Å². The van der Waals surface area contributed by atoms with Gasteiger partial charge in [0, 0.05) is 50.8 Å². The van der Waals surface area contributed by atoms with Crippen molar-refractivity contribution >= 4 is 11.6 Å². The maximum Gasteiger partial charge on any atom is 0.293 e. The molecule has 0 aromatic carbocycles. The molecular formula is C17H22N6O. The van der Waals surface area contributed by atoms with Gasteiger partial charge in [0.25, 0.3) is 5.56 Å². The van der Waals surface area contributed by atoms with Gasteiger partial charge in [0.2, 0.25) is 0 Å². The lowest BCUT2D eigenvalue weighted by Crippen LogP contribution is -2.48. The minimum absolute atomic E-state index is 0.0224. The van der Waals surface area contributed by atoms with E-state index < -0.39 is 0 Å². The highest BCUT2D eigenvalue weighted by Gasteiger charge is 2.36. The van der Waals surface area contributed by atoms with Gasteiger partial charge in [0.05, 0.1) is 0 Å². The second-order valence-corrected chi connectivity index (χ2v) is 6.59. The third-order valence-corrected chi connectivity index (χ3v) is 4.93. The minimum atomic E-state index is -0.0224. The Hall–Kier alpha value is -2.44. The van der Waals surface area contributed by atoms with Gasteiger partial charge in [-0.3, -0.25) is 4.79 Å². The molecule has 0 atom stereocenters. The summed E-state index contributed by atoms with van der Waals surface area (Å²) in [4.78, 5) is 29.6. The van der Waals surface area contributed by atoms with Crippen molar-refractivity contribution in [1.29, 1.82) is 0 Å². The number of aryl methyl sites for hydroxylation is 1. The summed E-state index contributed by atoms with van der Waals surface area (Å²) in [7, 11) is 1.77. The summed E-state index contributed by atoms with van der Waals surface area (Å²) < 4.78 is 1.59. The molecule has 0 bridgehead atoms. The molecule has 2 fully saturated rings. The molecule has 0 radical (unpaired) electrons. The molecule has 0 amide bonds. The first-order valence-electron chi connectivity index (χ1n) is 8.55. The maximum absolute atomic E-state index is 12.3. The van der Waals surface area contributed by atoms with Crippen LogP contribution in [0.25, 0.3) is 0 Å². The molecule has 24 heavy (non-hydrogen) atoms. The van der Waals surface area contributed by atoms with E-state index in [2.05, 4.69) is 24.8 Å². The summed E-state index contributed by atoms with van der Waals surface area (Å²) in [6.45, 7) is 1.70. The Labute approximate surface area is 141 Å². The van der Waals surface area contributed by atoms with Crippen molar-refractivity contribution in [3.8, 4) is 0 Å². The van der Waals surface area contributed by atoms with Crippen molar-refractivity contribution in [2.75, 3.05) is 22.9 Å². The van der Waals surface area contributed by atoms with Gasteiger partial charge in [-0.05, 0) is 31.7 Å². The highest BCUT2D eigenvalue weighted by Crippen LogP contribution is 2.35. The molecule has 0 unspecified atom stereocenters. The predicted octanol–water partition coefficient (Wildman–Crippen LogP) is 1.21. The van der Waals surface area contributed by atoms with E-state index in [1.165, 1.54) is 12.8 Å². The lowest BCUT2D eigenvalue weighted by atomic mass is 10.0. The van der Waals surface area contributed by atoms with E-state index in [-0.39, 0.29) is 5.56 Å². The van der Waals surface area contributed by atoms with E-state index in [1.807, 2.05) is 12.3 Å². The molecule has 1 saturated heterocycles. The Balaban J connectivity index is 1.49. The molecule has 1 aliphatic carbocycles. The van der Waals surface area contributed by atoms with E-state index in [4.69, 9.17) is 0 Å². The number of hydrogen-bond acceptors (Lipinski definition) is 6. The van der Waals surface area contributed by atoms with Crippen LogP contribution in [-0.4, -0.2) is 44.7 Å². The summed E-state index contributed by atoms with van der Waals surface area (Å²) in [5.41, 5.74) is -0.0224. The number of hydrogen-bond donors (Lipinski definition) is 0. The SMILES string of the molecule is Cn1ccnc(N2CCC(N(c3ccncn3)C3CC3)CC2)c1=O. The molecule has 0 N–H and O–H groups in total. The van der Waals surface area contributed by atoms with Crippen LogP contribution >= 0.6 is 0 Å². The fourth-order valence-corrected chi connectivity index (χ4v) is 3.52. The number of nitrogens with zero attached hydrogens (tertiary/aromatic N) is 6. The maximum atomic E-state index is 12.3. The Kier molecular flexibility index (Phi) is 3.92. The summed E-state index contributed by atoms with van der Waals surface area (Å²) in [5, 5.41) is 0. The molecular weight excluding hydrogens is 304 g/mol. The Morgan fingerprint density at radius 2 is 1.83 bits per heavy atom. The zero-order chi connectivity index (χ0) is 16.5. The highest BCUT2D eigenvalue weighted by molar-refractivity contribution is 5.43. The average molecular weight is 326 g/mol. The lowest BCUT2D eigenvalue weighted by molar-refractivity contribution is 0.456. The van der Waals surface area contributed by atoms with Crippen LogP contribution in [-0.2, 0) is 7.05 Å². The summed E-state index contributed by atoms with van der Waals surface area (Å²) in [6, 6.07) is 3.08. The predicted molar refractivity (Wildman–Crippen MR) is 92.2 cm³/mol. The standard InChI is InChI=1S/C17H22N6O/c1-21-11-8-19-16(17(21)24)22-9-5-14(6-10-22)23(13-2-3-13)15-4-7-18-12-20-15/h4,7-8,11-14H,2-3,5-6,9-10H2,1H3. The van der Waals surface area contributed by atoms with Crippen LogP contribution in [0.2, 0.25) is 0 Å². The Bertz CT molecular complexity index is 749. The Morgan fingerprint density at radius 1 is 1.08 bits per heavy atom. The molecule has 126 valence electrons. The molecule has 3 heterocycles. The van der Waals surface area contributed by atoms with Gasteiger partial charge in [-0.1, -0.05) is 0 Å². The molecule has 7 nitrogen and oxygen atoms in total. The topological polar surface area (TPSA) is 67.2 Å². The van der Waals surface area contributed by atoms with Crippen LogP contribution in [0.1, 0.15) is 25.7 Å². The van der Waals surface area contributed by atoms with Crippen LogP contribution in [0.4, 0.5) is 11.6 Å². The smallest absolute Gasteiger partial charge is 0.293 e. The molecule has 7 heteroatoms. The van der Waals surface area contributed by atoms with Crippen molar-refractivity contribution in [3.05, 3.63) is 41.3 Å². The monoisotopic (exact) mass is 326 g/mol. The molecule has 4 rings (SSSR count). The minimum Gasteiger partial charge on any atom is -0.352 e. The van der Waals surface area contributed by atoms with Crippen molar-refractivity contribution in [3.63, 3.8) is 0 Å². The zero-order valence-electron chi connectivity index (χ0n) is 13.9. The summed E-state index contributed by atoms with van der Waals surface area (Å²) in [6.07, 6.45) is 11.3. The van der Waals surface area contributed by atoms with Crippen LogP contribution in [0.15, 0.2) is 35.8 Å². The zero-order valence-corrected chi connectivity index (χ0v) is 13.9. The number of rotatable bonds is 4. The first-order chi connectivity index (χ1) is 11.7. The van der Waals surface area contributed by atoms with E-state index in [9.17, 15) is 4.79 Å². The van der Waals surface area contributed by atoms with Crippen molar-refractivity contribution in [2.45, 2.75) is 37.8 Å². The number of anilines is 2. The van der Waals surface area contributed by atoms with E-state index >= 15 is 0 Å².